The van der Waals surface area contributed by atoms with Gasteiger partial charge in [0.1, 0.15) is 0 Å². The van der Waals surface area contributed by atoms with E-state index in [1.54, 1.807) is 36.2 Å². The number of benzodiazepines with no additional fused rings is 1. The molecule has 7 nitrogen and oxygen atoms in total. The van der Waals surface area contributed by atoms with Crippen LogP contribution in [0.25, 0.3) is 0 Å². The van der Waals surface area contributed by atoms with Crippen molar-refractivity contribution in [3.63, 3.8) is 0 Å². The number of carbonyl (C=O) groups excluding carboxylic acids is 1. The Bertz CT molecular complexity index is 1420. The first-order valence-corrected chi connectivity index (χ1v) is 13.4. The van der Waals surface area contributed by atoms with Gasteiger partial charge in [-0.1, -0.05) is 41.4 Å². The molecule has 2 heterocycles. The predicted octanol–water partition coefficient (Wildman–Crippen LogP) is 5.26. The summed E-state index contributed by atoms with van der Waals surface area (Å²) in [5, 5.41) is 7.66. The second kappa shape index (κ2) is 11.3. The number of fused-ring (bicyclic) bond motifs is 1. The summed E-state index contributed by atoms with van der Waals surface area (Å²) in [5.74, 6) is -0.265. The molecule has 3 aromatic carbocycles. The Kier molecular flexibility index (Phi) is 7.85. The molecule has 2 aliphatic rings. The smallest absolute Gasteiger partial charge is 0.272 e. The van der Waals surface area contributed by atoms with Crippen LogP contribution in [0.4, 0.5) is 17.1 Å². The topological polar surface area (TPSA) is 69.2 Å². The molecule has 10 heteroatoms. The van der Waals surface area contributed by atoms with Crippen molar-refractivity contribution in [2.45, 2.75) is 13.1 Å². The van der Waals surface area contributed by atoms with Gasteiger partial charge in [0.2, 0.25) is 6.17 Å². The first kappa shape index (κ1) is 26.4. The summed E-state index contributed by atoms with van der Waals surface area (Å²) in [7, 11) is 1.71. The maximum Gasteiger partial charge on any atom is 0.272 e. The summed E-state index contributed by atoms with van der Waals surface area (Å²) < 4.78 is 5.46. The molecule has 0 aromatic heterocycles. The van der Waals surface area contributed by atoms with Crippen molar-refractivity contribution >= 4 is 69.2 Å². The molecule has 2 N–H and O–H groups in total. The van der Waals surface area contributed by atoms with E-state index in [0.29, 0.717) is 32.6 Å². The lowest BCUT2D eigenvalue weighted by molar-refractivity contribution is -0.119. The molecule has 5 rings (SSSR count). The molecule has 1 amide bonds. The van der Waals surface area contributed by atoms with E-state index in [0.717, 1.165) is 43.2 Å². The molecular formula is C28H27Cl2N5O2S. The molecule has 1 atom stereocenters. The second-order valence-corrected chi connectivity index (χ2v) is 10.4. The average molecular weight is 569 g/mol. The number of morpholine rings is 1. The minimum atomic E-state index is -0.981. The first-order chi connectivity index (χ1) is 18.3. The Morgan fingerprint density at radius 1 is 1.05 bits per heavy atom. The van der Waals surface area contributed by atoms with Gasteiger partial charge in [0.05, 0.1) is 24.6 Å². The van der Waals surface area contributed by atoms with E-state index in [1.165, 1.54) is 0 Å². The number of benzene rings is 3. The number of amides is 1. The highest BCUT2D eigenvalue weighted by atomic mass is 35.5. The van der Waals surface area contributed by atoms with E-state index < -0.39 is 6.17 Å². The van der Waals surface area contributed by atoms with Gasteiger partial charge in [0.15, 0.2) is 5.11 Å². The monoisotopic (exact) mass is 567 g/mol. The number of hydrogen-bond acceptors (Lipinski definition) is 5. The van der Waals surface area contributed by atoms with Gasteiger partial charge in [-0.2, -0.15) is 0 Å². The van der Waals surface area contributed by atoms with E-state index in [1.807, 2.05) is 31.2 Å². The Morgan fingerprint density at radius 2 is 1.82 bits per heavy atom. The van der Waals surface area contributed by atoms with Gasteiger partial charge in [-0.05, 0) is 67.2 Å². The van der Waals surface area contributed by atoms with Crippen molar-refractivity contribution in [3.8, 4) is 0 Å². The number of carbonyl (C=O) groups is 1. The van der Waals surface area contributed by atoms with Crippen molar-refractivity contribution in [3.05, 3.63) is 87.4 Å². The van der Waals surface area contributed by atoms with Crippen LogP contribution < -0.4 is 20.4 Å². The summed E-state index contributed by atoms with van der Waals surface area (Å²) in [4.78, 5) is 22.2. The van der Waals surface area contributed by atoms with Gasteiger partial charge in [-0.3, -0.25) is 4.79 Å². The third-order valence-corrected chi connectivity index (χ3v) is 7.41. The number of anilines is 3. The standard InChI is InChI=1S/C28H27Cl2N5O2S/c1-17-15-19(35-11-13-37-14-12-35)8-9-23(17)31-28(38)33-26-27(36)34(2)24-10-7-18(29)16-21(24)25(32-26)20-5-3-4-6-22(20)30/h3-10,15-16,26H,11-14H2,1-2H3,(H2,31,33,38). The van der Waals surface area contributed by atoms with Gasteiger partial charge in [-0.15, -0.1) is 0 Å². The number of aliphatic imine (C=N–C) groups is 1. The van der Waals surface area contributed by atoms with Crippen LogP contribution in [0.15, 0.2) is 65.7 Å². The Morgan fingerprint density at radius 3 is 2.55 bits per heavy atom. The van der Waals surface area contributed by atoms with Gasteiger partial charge < -0.3 is 25.2 Å². The molecule has 0 bridgehead atoms. The van der Waals surface area contributed by atoms with E-state index in [-0.39, 0.29) is 11.0 Å². The summed E-state index contributed by atoms with van der Waals surface area (Å²) in [6, 6.07) is 18.9. The van der Waals surface area contributed by atoms with E-state index in [2.05, 4.69) is 27.7 Å². The number of rotatable bonds is 4. The number of hydrogen-bond donors (Lipinski definition) is 2. The molecule has 2 aliphatic heterocycles. The van der Waals surface area contributed by atoms with Gasteiger partial charge in [0, 0.05) is 52.7 Å². The minimum Gasteiger partial charge on any atom is -0.378 e. The first-order valence-electron chi connectivity index (χ1n) is 12.2. The van der Waals surface area contributed by atoms with Crippen molar-refractivity contribution in [2.75, 3.05) is 48.5 Å². The number of nitrogens with zero attached hydrogens (tertiary/aromatic N) is 3. The molecule has 1 fully saturated rings. The summed E-state index contributed by atoms with van der Waals surface area (Å²) in [5.41, 5.74) is 5.65. The van der Waals surface area contributed by atoms with Crippen LogP contribution in [0.1, 0.15) is 16.7 Å². The zero-order chi connectivity index (χ0) is 26.8. The molecule has 1 unspecified atom stereocenters. The number of aryl methyl sites for hydroxylation is 1. The lowest BCUT2D eigenvalue weighted by Gasteiger charge is -2.29. The van der Waals surface area contributed by atoms with Gasteiger partial charge in [-0.25, -0.2) is 4.99 Å². The van der Waals surface area contributed by atoms with Crippen LogP contribution in [0.2, 0.25) is 10.0 Å². The van der Waals surface area contributed by atoms with Crippen LogP contribution in [0, 0.1) is 6.92 Å². The van der Waals surface area contributed by atoms with E-state index >= 15 is 0 Å². The molecule has 3 aromatic rings. The van der Waals surface area contributed by atoms with Crippen LogP contribution in [0.5, 0.6) is 0 Å². The van der Waals surface area contributed by atoms with Crippen molar-refractivity contribution in [1.29, 1.82) is 0 Å². The SMILES string of the molecule is Cc1cc(N2CCOCC2)ccc1NC(=S)NC1N=C(c2ccccc2Cl)c2cc(Cl)ccc2N(C)C1=O. The fourth-order valence-corrected chi connectivity index (χ4v) is 5.22. The fourth-order valence-electron chi connectivity index (χ4n) is 4.60. The third kappa shape index (κ3) is 5.49. The largest absolute Gasteiger partial charge is 0.378 e. The molecule has 0 radical (unpaired) electrons. The number of halogens is 2. The maximum atomic E-state index is 13.5. The second-order valence-electron chi connectivity index (χ2n) is 9.12. The fraction of sp³-hybridized carbons (Fsp3) is 0.250. The maximum absolute atomic E-state index is 13.5. The van der Waals surface area contributed by atoms with Crippen molar-refractivity contribution in [1.82, 2.24) is 5.32 Å². The van der Waals surface area contributed by atoms with Crippen LogP contribution in [-0.2, 0) is 9.53 Å². The normalized spacial score (nSPS) is 17.4. The Labute approximate surface area is 237 Å². The lowest BCUT2D eigenvalue weighted by atomic mass is 10.00. The summed E-state index contributed by atoms with van der Waals surface area (Å²) in [6.07, 6.45) is -0.981. The molecule has 0 spiro atoms. The highest BCUT2D eigenvalue weighted by molar-refractivity contribution is 7.80. The number of ether oxygens (including phenoxy) is 1. The Balaban J connectivity index is 1.42. The zero-order valence-corrected chi connectivity index (χ0v) is 23.3. The number of likely N-dealkylation sites (N-methyl/N-ethyl adjacent to an activating group) is 1. The number of nitrogens with one attached hydrogen (secondary N) is 2. The third-order valence-electron chi connectivity index (χ3n) is 6.63. The molecular weight excluding hydrogens is 541 g/mol. The highest BCUT2D eigenvalue weighted by Gasteiger charge is 2.31. The van der Waals surface area contributed by atoms with Crippen molar-refractivity contribution in [2.24, 2.45) is 4.99 Å². The lowest BCUT2D eigenvalue weighted by Crippen LogP contribution is -2.47. The van der Waals surface area contributed by atoms with Crippen LogP contribution >= 0.6 is 35.4 Å². The molecule has 0 aliphatic carbocycles. The summed E-state index contributed by atoms with van der Waals surface area (Å²) >= 11 is 18.5. The molecule has 0 saturated carbocycles. The van der Waals surface area contributed by atoms with Crippen LogP contribution in [0.3, 0.4) is 0 Å². The zero-order valence-electron chi connectivity index (χ0n) is 21.0. The minimum absolute atomic E-state index is 0.265. The van der Waals surface area contributed by atoms with Crippen molar-refractivity contribution < 1.29 is 9.53 Å². The highest BCUT2D eigenvalue weighted by Crippen LogP contribution is 2.32. The predicted molar refractivity (Wildman–Crippen MR) is 159 cm³/mol. The van der Waals surface area contributed by atoms with Crippen LogP contribution in [-0.4, -0.2) is 56.2 Å². The Hall–Kier alpha value is -3.17. The van der Waals surface area contributed by atoms with E-state index in [9.17, 15) is 4.79 Å². The molecule has 38 heavy (non-hydrogen) atoms. The molecule has 196 valence electrons. The summed E-state index contributed by atoms with van der Waals surface area (Å²) in [6.45, 7) is 5.20. The van der Waals surface area contributed by atoms with Gasteiger partial charge in [0.25, 0.3) is 5.91 Å². The van der Waals surface area contributed by atoms with E-state index in [4.69, 9.17) is 45.1 Å². The number of thiocarbonyl (C=S) groups is 1. The molecule has 1 saturated heterocycles. The van der Waals surface area contributed by atoms with Gasteiger partial charge >= 0.3 is 0 Å². The quantitative estimate of drug-likeness (QED) is 0.419. The average Bonchev–Trinajstić information content (AvgIpc) is 3.01.